The number of sulfonamides is 1. The lowest BCUT2D eigenvalue weighted by Crippen LogP contribution is -2.13. The van der Waals surface area contributed by atoms with E-state index >= 15 is 0 Å². The number of halogens is 1. The molecule has 0 aromatic carbocycles. The van der Waals surface area contributed by atoms with Gasteiger partial charge in [0, 0.05) is 6.20 Å². The SMILES string of the molecule is O=S(=O)(Nc1cccnc1)c1cnc(Cl)nc1. The molecule has 2 heterocycles. The molecule has 0 aliphatic carbocycles. The lowest BCUT2D eigenvalue weighted by molar-refractivity contribution is 0.600. The van der Waals surface area contributed by atoms with Gasteiger partial charge >= 0.3 is 0 Å². The van der Waals surface area contributed by atoms with Gasteiger partial charge in [0.2, 0.25) is 5.28 Å². The monoisotopic (exact) mass is 270 g/mol. The van der Waals surface area contributed by atoms with E-state index in [-0.39, 0.29) is 10.2 Å². The molecule has 0 bridgehead atoms. The third-order valence-electron chi connectivity index (χ3n) is 1.82. The predicted octanol–water partition coefficient (Wildman–Crippen LogP) is 1.33. The van der Waals surface area contributed by atoms with Gasteiger partial charge in [0.1, 0.15) is 4.90 Å². The van der Waals surface area contributed by atoms with E-state index in [1.807, 2.05) is 0 Å². The van der Waals surface area contributed by atoms with Gasteiger partial charge in [-0.05, 0) is 23.7 Å². The van der Waals surface area contributed by atoms with Crippen molar-refractivity contribution in [2.24, 2.45) is 0 Å². The zero-order chi connectivity index (χ0) is 12.3. The maximum absolute atomic E-state index is 11.9. The molecule has 2 aromatic heterocycles. The van der Waals surface area contributed by atoms with Crippen molar-refractivity contribution in [2.75, 3.05) is 4.72 Å². The van der Waals surface area contributed by atoms with Gasteiger partial charge in [0.25, 0.3) is 10.0 Å². The van der Waals surface area contributed by atoms with Crippen LogP contribution in [0.2, 0.25) is 5.28 Å². The van der Waals surface area contributed by atoms with Crippen LogP contribution < -0.4 is 4.72 Å². The van der Waals surface area contributed by atoms with Crippen LogP contribution in [0.5, 0.6) is 0 Å². The van der Waals surface area contributed by atoms with Gasteiger partial charge in [-0.1, -0.05) is 0 Å². The predicted molar refractivity (Wildman–Crippen MR) is 62.1 cm³/mol. The van der Waals surface area contributed by atoms with Crippen molar-refractivity contribution in [1.29, 1.82) is 0 Å². The molecule has 0 radical (unpaired) electrons. The first-order valence-corrected chi connectivity index (χ1v) is 6.34. The van der Waals surface area contributed by atoms with E-state index < -0.39 is 10.0 Å². The summed E-state index contributed by atoms with van der Waals surface area (Å²) in [5.41, 5.74) is 0.363. The molecule has 88 valence electrons. The zero-order valence-electron chi connectivity index (χ0n) is 8.41. The molecule has 17 heavy (non-hydrogen) atoms. The van der Waals surface area contributed by atoms with Crippen LogP contribution >= 0.6 is 11.6 Å². The van der Waals surface area contributed by atoms with E-state index in [4.69, 9.17) is 11.6 Å². The third kappa shape index (κ3) is 2.89. The van der Waals surface area contributed by atoms with Crippen LogP contribution in [-0.4, -0.2) is 23.4 Å². The van der Waals surface area contributed by atoms with Gasteiger partial charge in [-0.2, -0.15) is 0 Å². The van der Waals surface area contributed by atoms with Crippen LogP contribution in [0.4, 0.5) is 5.69 Å². The standard InChI is InChI=1S/C9H7ClN4O2S/c10-9-12-5-8(6-13-9)17(15,16)14-7-2-1-3-11-4-7/h1-6,14H. The van der Waals surface area contributed by atoms with Gasteiger partial charge in [0.05, 0.1) is 24.3 Å². The van der Waals surface area contributed by atoms with Crippen molar-refractivity contribution in [3.8, 4) is 0 Å². The summed E-state index contributed by atoms with van der Waals surface area (Å²) in [5.74, 6) is 0. The average Bonchev–Trinajstić information content (AvgIpc) is 2.30. The average molecular weight is 271 g/mol. The maximum atomic E-state index is 11.9. The van der Waals surface area contributed by atoms with Gasteiger partial charge < -0.3 is 0 Å². The van der Waals surface area contributed by atoms with E-state index in [1.165, 1.54) is 6.20 Å². The van der Waals surface area contributed by atoms with Crippen molar-refractivity contribution in [3.63, 3.8) is 0 Å². The molecule has 0 aliphatic heterocycles. The Morgan fingerprint density at radius 3 is 2.47 bits per heavy atom. The number of hydrogen-bond acceptors (Lipinski definition) is 5. The highest BCUT2D eigenvalue weighted by Crippen LogP contribution is 2.13. The fourth-order valence-electron chi connectivity index (χ4n) is 1.08. The lowest BCUT2D eigenvalue weighted by Gasteiger charge is -2.06. The molecule has 0 saturated heterocycles. The van der Waals surface area contributed by atoms with Crippen LogP contribution in [0.1, 0.15) is 0 Å². The summed E-state index contributed by atoms with van der Waals surface area (Å²) in [4.78, 5) is 10.9. The molecule has 0 saturated carbocycles. The number of nitrogens with zero attached hydrogens (tertiary/aromatic N) is 3. The minimum absolute atomic E-state index is 0.00896. The molecular formula is C9H7ClN4O2S. The van der Waals surface area contributed by atoms with Crippen molar-refractivity contribution >= 4 is 27.3 Å². The highest BCUT2D eigenvalue weighted by molar-refractivity contribution is 7.92. The van der Waals surface area contributed by atoms with Gasteiger partial charge in [-0.3, -0.25) is 9.71 Å². The topological polar surface area (TPSA) is 84.8 Å². The third-order valence-corrected chi connectivity index (χ3v) is 3.35. The minimum Gasteiger partial charge on any atom is -0.278 e. The summed E-state index contributed by atoms with van der Waals surface area (Å²) in [6.45, 7) is 0. The Bertz CT molecular complexity index is 601. The second-order valence-corrected chi connectivity index (χ2v) is 5.06. The highest BCUT2D eigenvalue weighted by Gasteiger charge is 2.15. The molecule has 0 spiro atoms. The quantitative estimate of drug-likeness (QED) is 0.851. The Morgan fingerprint density at radius 1 is 1.18 bits per heavy atom. The molecule has 2 aromatic rings. The Kier molecular flexibility index (Phi) is 3.21. The fourth-order valence-corrected chi connectivity index (χ4v) is 2.11. The molecule has 1 N–H and O–H groups in total. The van der Waals surface area contributed by atoms with Crippen molar-refractivity contribution in [1.82, 2.24) is 15.0 Å². The second-order valence-electron chi connectivity index (χ2n) is 3.03. The Labute approximate surface area is 103 Å². The van der Waals surface area contributed by atoms with Gasteiger partial charge in [-0.15, -0.1) is 0 Å². The van der Waals surface area contributed by atoms with E-state index in [1.54, 1.807) is 18.3 Å². The van der Waals surface area contributed by atoms with Crippen molar-refractivity contribution in [3.05, 3.63) is 42.2 Å². The second kappa shape index (κ2) is 4.64. The Morgan fingerprint density at radius 2 is 1.88 bits per heavy atom. The summed E-state index contributed by atoms with van der Waals surface area (Å²) < 4.78 is 26.0. The molecule has 8 heteroatoms. The van der Waals surface area contributed by atoms with E-state index in [9.17, 15) is 8.42 Å². The number of pyridine rings is 1. The lowest BCUT2D eigenvalue weighted by atomic mass is 10.4. The summed E-state index contributed by atoms with van der Waals surface area (Å²) in [7, 11) is -3.70. The number of anilines is 1. The summed E-state index contributed by atoms with van der Waals surface area (Å²) in [6, 6.07) is 3.21. The van der Waals surface area contributed by atoms with Crippen LogP contribution in [-0.2, 0) is 10.0 Å². The van der Waals surface area contributed by atoms with Crippen LogP contribution in [0.3, 0.4) is 0 Å². The smallest absolute Gasteiger partial charge is 0.265 e. The molecule has 0 aliphatic rings. The van der Waals surface area contributed by atoms with Crippen molar-refractivity contribution in [2.45, 2.75) is 4.90 Å². The van der Waals surface area contributed by atoms with E-state index in [0.717, 1.165) is 12.4 Å². The largest absolute Gasteiger partial charge is 0.278 e. The zero-order valence-corrected chi connectivity index (χ0v) is 9.98. The molecular weight excluding hydrogens is 264 g/mol. The molecule has 0 amide bonds. The highest BCUT2D eigenvalue weighted by atomic mass is 35.5. The van der Waals surface area contributed by atoms with Crippen LogP contribution in [0, 0.1) is 0 Å². The summed E-state index contributed by atoms with van der Waals surface area (Å²) >= 11 is 5.47. The van der Waals surface area contributed by atoms with E-state index in [2.05, 4.69) is 19.7 Å². The summed E-state index contributed by atoms with van der Waals surface area (Å²) in [6.07, 6.45) is 5.21. The summed E-state index contributed by atoms with van der Waals surface area (Å²) in [5, 5.41) is -0.00896. The number of rotatable bonds is 3. The molecule has 2 rings (SSSR count). The first-order chi connectivity index (χ1) is 8.08. The number of hydrogen-bond donors (Lipinski definition) is 1. The molecule has 0 unspecified atom stereocenters. The molecule has 6 nitrogen and oxygen atoms in total. The first kappa shape index (κ1) is 11.7. The number of aromatic nitrogens is 3. The normalized spacial score (nSPS) is 11.1. The fraction of sp³-hybridized carbons (Fsp3) is 0. The number of nitrogens with one attached hydrogen (secondary N) is 1. The first-order valence-electron chi connectivity index (χ1n) is 4.48. The Balaban J connectivity index is 2.29. The molecule has 0 fully saturated rings. The maximum Gasteiger partial charge on any atom is 0.265 e. The van der Waals surface area contributed by atoms with Crippen LogP contribution in [0.25, 0.3) is 0 Å². The van der Waals surface area contributed by atoms with Crippen LogP contribution in [0.15, 0.2) is 41.8 Å². The van der Waals surface area contributed by atoms with Crippen molar-refractivity contribution < 1.29 is 8.42 Å². The van der Waals surface area contributed by atoms with E-state index in [0.29, 0.717) is 5.69 Å². The molecule has 0 atom stereocenters. The van der Waals surface area contributed by atoms with Gasteiger partial charge in [0.15, 0.2) is 0 Å². The Hall–Kier alpha value is -1.73. The minimum atomic E-state index is -3.70. The van der Waals surface area contributed by atoms with Gasteiger partial charge in [-0.25, -0.2) is 18.4 Å².